The molecule has 9 nitrogen and oxygen atoms in total. The summed E-state index contributed by atoms with van der Waals surface area (Å²) in [6, 6.07) is 2.94. The number of carboxylic acids is 1. The summed E-state index contributed by atoms with van der Waals surface area (Å²) in [5.41, 5.74) is 1.19. The highest BCUT2D eigenvalue weighted by Gasteiger charge is 2.47. The van der Waals surface area contributed by atoms with Gasteiger partial charge in [-0.15, -0.1) is 0 Å². The lowest BCUT2D eigenvalue weighted by Crippen LogP contribution is -2.52. The van der Waals surface area contributed by atoms with Crippen molar-refractivity contribution in [3.8, 4) is 11.3 Å². The summed E-state index contributed by atoms with van der Waals surface area (Å²) in [6.07, 6.45) is -6.43. The van der Waals surface area contributed by atoms with Gasteiger partial charge in [-0.1, -0.05) is 29.8 Å². The molecule has 3 N–H and O–H groups in total. The molecule has 1 amide bonds. The SMILES string of the molecule is Cc1cc([C@H]2OCCNC2C(F)(F)F)cc(F)c1C(=O)NC(Cc1ccc(-c2nc(C)c(C)n(C)c2=O)c(Cl)c1)C(=O)O. The molecular formula is C29H29ClF4N4O5. The highest BCUT2D eigenvalue weighted by atomic mass is 35.5. The molecule has 0 spiro atoms. The fourth-order valence-corrected chi connectivity index (χ4v) is 5.26. The Morgan fingerprint density at radius 1 is 1.23 bits per heavy atom. The minimum Gasteiger partial charge on any atom is -0.480 e. The highest BCUT2D eigenvalue weighted by Crippen LogP contribution is 2.35. The Labute approximate surface area is 248 Å². The van der Waals surface area contributed by atoms with E-state index in [0.717, 1.165) is 6.07 Å². The van der Waals surface area contributed by atoms with Crippen molar-refractivity contribution in [2.24, 2.45) is 7.05 Å². The van der Waals surface area contributed by atoms with Gasteiger partial charge in [0.05, 0.1) is 22.9 Å². The Bertz CT molecular complexity index is 1620. The third-order valence-corrected chi connectivity index (χ3v) is 7.74. The molecule has 4 rings (SSSR count). The number of aromatic nitrogens is 2. The first kappa shape index (κ1) is 32.1. The zero-order valence-electron chi connectivity index (χ0n) is 23.6. The Morgan fingerprint density at radius 3 is 2.53 bits per heavy atom. The number of carbonyl (C=O) groups excluding carboxylic acids is 1. The van der Waals surface area contributed by atoms with E-state index in [1.807, 2.05) is 0 Å². The van der Waals surface area contributed by atoms with Crippen molar-refractivity contribution in [1.82, 2.24) is 20.2 Å². The van der Waals surface area contributed by atoms with Crippen molar-refractivity contribution in [3.05, 3.63) is 85.2 Å². The molecule has 2 unspecified atom stereocenters. The zero-order chi connectivity index (χ0) is 31.8. The smallest absolute Gasteiger partial charge is 0.406 e. The summed E-state index contributed by atoms with van der Waals surface area (Å²) >= 11 is 6.45. The van der Waals surface area contributed by atoms with Crippen LogP contribution in [0.1, 0.15) is 44.5 Å². The second-order valence-corrected chi connectivity index (χ2v) is 10.7. The Balaban J connectivity index is 1.56. The molecule has 0 aliphatic carbocycles. The van der Waals surface area contributed by atoms with Crippen molar-refractivity contribution in [1.29, 1.82) is 0 Å². The number of morpholine rings is 1. The molecule has 1 aromatic heterocycles. The molecule has 43 heavy (non-hydrogen) atoms. The maximum atomic E-state index is 15.2. The first-order chi connectivity index (χ1) is 20.1. The van der Waals surface area contributed by atoms with Crippen LogP contribution >= 0.6 is 11.6 Å². The standard InChI is InChI=1S/C29H29ClF4N4O5/c1-13-9-17(24-25(29(32,33)34)35-7-8-43-24)12-20(31)22(13)26(39)37-21(28(41)42)11-16-5-6-18(19(30)10-16)23-27(40)38(4)15(3)14(2)36-23/h5-6,9-10,12,21,24-25,35H,7-8,11H2,1-4H3,(H,37,39)(H,41,42)/t21?,24-,25?/m1/s1. The summed E-state index contributed by atoms with van der Waals surface area (Å²) in [4.78, 5) is 42.2. The van der Waals surface area contributed by atoms with Gasteiger partial charge in [-0.2, -0.15) is 13.2 Å². The largest absolute Gasteiger partial charge is 0.480 e. The number of alkyl halides is 3. The predicted octanol–water partition coefficient (Wildman–Crippen LogP) is 4.18. The molecule has 1 fully saturated rings. The lowest BCUT2D eigenvalue weighted by Gasteiger charge is -2.34. The quantitative estimate of drug-likeness (QED) is 0.337. The van der Waals surface area contributed by atoms with E-state index in [9.17, 15) is 32.7 Å². The van der Waals surface area contributed by atoms with Crippen LogP contribution in [0.5, 0.6) is 0 Å². The van der Waals surface area contributed by atoms with Crippen LogP contribution in [0.25, 0.3) is 11.3 Å². The normalized spacial score (nSPS) is 17.9. The van der Waals surface area contributed by atoms with Crippen LogP contribution in [0.3, 0.4) is 0 Å². The molecule has 2 heterocycles. The van der Waals surface area contributed by atoms with E-state index in [1.165, 1.54) is 35.8 Å². The average molecular weight is 625 g/mol. The van der Waals surface area contributed by atoms with Crippen molar-refractivity contribution in [2.45, 2.75) is 51.6 Å². The van der Waals surface area contributed by atoms with Crippen LogP contribution in [0, 0.1) is 26.6 Å². The van der Waals surface area contributed by atoms with E-state index in [1.54, 1.807) is 20.9 Å². The van der Waals surface area contributed by atoms with Gasteiger partial charge in [-0.3, -0.25) is 9.59 Å². The fourth-order valence-electron chi connectivity index (χ4n) is 4.97. The molecule has 230 valence electrons. The molecule has 1 saturated heterocycles. The van der Waals surface area contributed by atoms with Crippen molar-refractivity contribution >= 4 is 23.5 Å². The summed E-state index contributed by atoms with van der Waals surface area (Å²) in [5.74, 6) is -3.60. The van der Waals surface area contributed by atoms with Gasteiger partial charge in [0.15, 0.2) is 0 Å². The predicted molar refractivity (Wildman–Crippen MR) is 150 cm³/mol. The van der Waals surface area contributed by atoms with E-state index >= 15 is 4.39 Å². The fraction of sp³-hybridized carbons (Fsp3) is 0.379. The molecule has 3 aromatic rings. The summed E-state index contributed by atoms with van der Waals surface area (Å²) in [5, 5.41) is 14.5. The monoisotopic (exact) mass is 624 g/mol. The number of nitrogens with one attached hydrogen (secondary N) is 2. The molecule has 0 radical (unpaired) electrons. The number of nitrogens with zero attached hydrogens (tertiary/aromatic N) is 2. The first-order valence-electron chi connectivity index (χ1n) is 13.2. The van der Waals surface area contributed by atoms with Gasteiger partial charge < -0.3 is 25.0 Å². The molecule has 0 saturated carbocycles. The Hall–Kier alpha value is -3.81. The maximum absolute atomic E-state index is 15.2. The van der Waals surface area contributed by atoms with Gasteiger partial charge in [0.1, 0.15) is 29.7 Å². The van der Waals surface area contributed by atoms with Gasteiger partial charge in [0.25, 0.3) is 11.5 Å². The van der Waals surface area contributed by atoms with Crippen LogP contribution in [0.2, 0.25) is 5.02 Å². The number of halogens is 5. The second-order valence-electron chi connectivity index (χ2n) is 10.3. The maximum Gasteiger partial charge on any atom is 0.406 e. The summed E-state index contributed by atoms with van der Waals surface area (Å²) in [7, 11) is 1.61. The van der Waals surface area contributed by atoms with E-state index in [0.29, 0.717) is 22.5 Å². The number of aryl methyl sites for hydroxylation is 2. The molecule has 14 heteroatoms. The van der Waals surface area contributed by atoms with E-state index in [2.05, 4.69) is 15.6 Å². The lowest BCUT2D eigenvalue weighted by molar-refractivity contribution is -0.197. The van der Waals surface area contributed by atoms with Crippen LogP contribution in [-0.2, 0) is 23.0 Å². The minimum absolute atomic E-state index is 0.00149. The Kier molecular flexibility index (Phi) is 9.28. The van der Waals surface area contributed by atoms with Gasteiger partial charge >= 0.3 is 12.1 Å². The van der Waals surface area contributed by atoms with Crippen LogP contribution < -0.4 is 16.2 Å². The highest BCUT2D eigenvalue weighted by molar-refractivity contribution is 6.33. The molecular weight excluding hydrogens is 596 g/mol. The molecule has 1 aliphatic rings. The molecule has 1 aliphatic heterocycles. The number of hydrogen-bond acceptors (Lipinski definition) is 6. The minimum atomic E-state index is -4.66. The lowest BCUT2D eigenvalue weighted by atomic mass is 9.95. The summed E-state index contributed by atoms with van der Waals surface area (Å²) in [6.45, 7) is 4.78. The van der Waals surface area contributed by atoms with Crippen LogP contribution in [-0.4, -0.2) is 57.9 Å². The van der Waals surface area contributed by atoms with E-state index in [4.69, 9.17) is 16.3 Å². The third-order valence-electron chi connectivity index (χ3n) is 7.43. The zero-order valence-corrected chi connectivity index (χ0v) is 24.4. The van der Waals surface area contributed by atoms with Gasteiger partial charge in [0, 0.05) is 31.3 Å². The number of benzene rings is 2. The van der Waals surface area contributed by atoms with Crippen LogP contribution in [0.4, 0.5) is 17.6 Å². The number of carboxylic acid groups (broad SMARTS) is 1. The molecule has 2 aromatic carbocycles. The number of amides is 1. The van der Waals surface area contributed by atoms with E-state index in [-0.39, 0.29) is 47.0 Å². The number of aliphatic carboxylic acids is 1. The third kappa shape index (κ3) is 6.73. The van der Waals surface area contributed by atoms with Gasteiger partial charge in [-0.25, -0.2) is 14.2 Å². The van der Waals surface area contributed by atoms with E-state index < -0.39 is 47.6 Å². The molecule has 0 bridgehead atoms. The average Bonchev–Trinajstić information content (AvgIpc) is 2.93. The van der Waals surface area contributed by atoms with Gasteiger partial charge in [-0.05, 0) is 49.6 Å². The summed E-state index contributed by atoms with van der Waals surface area (Å²) < 4.78 is 62.4. The molecule has 3 atom stereocenters. The first-order valence-corrected chi connectivity index (χ1v) is 13.6. The number of rotatable bonds is 7. The number of ether oxygens (including phenoxy) is 1. The Morgan fingerprint density at radius 2 is 1.93 bits per heavy atom. The van der Waals surface area contributed by atoms with Crippen molar-refractivity contribution < 1.29 is 37.0 Å². The van der Waals surface area contributed by atoms with Crippen LogP contribution in [0.15, 0.2) is 35.1 Å². The topological polar surface area (TPSA) is 123 Å². The second kappa shape index (κ2) is 12.4. The van der Waals surface area contributed by atoms with Gasteiger partial charge in [0.2, 0.25) is 0 Å². The number of hydrogen-bond donors (Lipinski definition) is 3. The van der Waals surface area contributed by atoms with Crippen molar-refractivity contribution in [2.75, 3.05) is 13.2 Å². The number of carbonyl (C=O) groups is 2. The van der Waals surface area contributed by atoms with Crippen molar-refractivity contribution in [3.63, 3.8) is 0 Å².